The lowest BCUT2D eigenvalue weighted by Crippen LogP contribution is -2.00. The van der Waals surface area contributed by atoms with E-state index >= 15 is 0 Å². The zero-order valence-corrected chi connectivity index (χ0v) is 28.0. The van der Waals surface area contributed by atoms with E-state index in [2.05, 4.69) is 156 Å². The number of rotatable bonds is 4. The Bertz CT molecular complexity index is 3190. The largest absolute Gasteiger partial charge is 0.456 e. The van der Waals surface area contributed by atoms with Crippen LogP contribution in [0.1, 0.15) is 0 Å². The molecule has 0 aliphatic heterocycles. The summed E-state index contributed by atoms with van der Waals surface area (Å²) in [5.41, 5.74) is 12.8. The Labute approximate surface area is 298 Å². The Balaban J connectivity index is 1.26. The summed E-state index contributed by atoms with van der Waals surface area (Å²) in [5.74, 6) is 0. The topological polar surface area (TPSA) is 43.9 Å². The maximum Gasteiger partial charge on any atom is 0.136 e. The summed E-state index contributed by atoms with van der Waals surface area (Å²) in [7, 11) is 0. The molecule has 0 saturated heterocycles. The number of hydrogen-bond donors (Lipinski definition) is 0. The number of fused-ring (bicyclic) bond motifs is 9. The van der Waals surface area contributed by atoms with E-state index in [0.717, 1.165) is 88.7 Å². The molecule has 11 aromatic rings. The van der Waals surface area contributed by atoms with Crippen molar-refractivity contribution in [2.45, 2.75) is 0 Å². The van der Waals surface area contributed by atoms with Crippen molar-refractivity contribution in [2.75, 3.05) is 0 Å². The molecule has 0 amide bonds. The quantitative estimate of drug-likeness (QED) is 0.188. The van der Waals surface area contributed by atoms with E-state index in [4.69, 9.17) is 14.4 Å². The Kier molecular flexibility index (Phi) is 6.22. The van der Waals surface area contributed by atoms with Gasteiger partial charge in [-0.05, 0) is 59.0 Å². The van der Waals surface area contributed by atoms with Gasteiger partial charge in [-0.25, -0.2) is 9.97 Å². The molecule has 8 aromatic carbocycles. The van der Waals surface area contributed by atoms with Gasteiger partial charge in [-0.15, -0.1) is 0 Å². The van der Waals surface area contributed by atoms with Crippen LogP contribution in [-0.4, -0.2) is 14.5 Å². The van der Waals surface area contributed by atoms with Crippen LogP contribution in [0.3, 0.4) is 0 Å². The maximum absolute atomic E-state index is 6.38. The molecule has 11 rings (SSSR count). The zero-order valence-electron chi connectivity index (χ0n) is 28.0. The van der Waals surface area contributed by atoms with Gasteiger partial charge in [0.25, 0.3) is 0 Å². The average molecular weight is 664 g/mol. The lowest BCUT2D eigenvalue weighted by molar-refractivity contribution is 0.669. The summed E-state index contributed by atoms with van der Waals surface area (Å²) < 4.78 is 8.75. The summed E-state index contributed by atoms with van der Waals surface area (Å²) in [4.78, 5) is 10.9. The van der Waals surface area contributed by atoms with Crippen molar-refractivity contribution in [2.24, 2.45) is 0 Å². The Hall–Kier alpha value is -7.04. The van der Waals surface area contributed by atoms with E-state index in [1.54, 1.807) is 0 Å². The van der Waals surface area contributed by atoms with Crippen molar-refractivity contribution in [1.29, 1.82) is 0 Å². The van der Waals surface area contributed by atoms with Crippen LogP contribution in [0.15, 0.2) is 180 Å². The van der Waals surface area contributed by atoms with Gasteiger partial charge >= 0.3 is 0 Å². The van der Waals surface area contributed by atoms with Crippen LogP contribution >= 0.6 is 0 Å². The molecule has 0 N–H and O–H groups in total. The minimum atomic E-state index is 0.841. The van der Waals surface area contributed by atoms with Crippen molar-refractivity contribution in [3.63, 3.8) is 0 Å². The monoisotopic (exact) mass is 663 g/mol. The number of furan rings is 1. The third kappa shape index (κ3) is 4.21. The first-order valence-electron chi connectivity index (χ1n) is 17.6. The standard InChI is InChI=1S/C48H29N3O/c1-2-15-31(16-3-1)51-41-26-10-6-18-33(41)36-22-13-23-38(48(36)51)47-46(49-39-24-8-9-25-40(39)50-47)35-19-5-4-17-32(35)34-21-12-14-30-28-29-43-45(44(30)34)37-20-7-11-27-42(37)52-43/h1-29H. The minimum Gasteiger partial charge on any atom is -0.456 e. The molecule has 3 heterocycles. The van der Waals surface area contributed by atoms with Gasteiger partial charge in [0, 0.05) is 43.7 Å². The number of nitrogens with zero attached hydrogens (tertiary/aromatic N) is 3. The van der Waals surface area contributed by atoms with E-state index in [-0.39, 0.29) is 0 Å². The SMILES string of the molecule is c1ccc(-n2c3ccccc3c3cccc(-c4nc5ccccc5nc4-c4ccccc4-c4cccc5ccc6oc7ccccc7c6c45)c32)cc1. The van der Waals surface area contributed by atoms with Crippen molar-refractivity contribution >= 4 is 65.6 Å². The highest BCUT2D eigenvalue weighted by atomic mass is 16.3. The summed E-state index contributed by atoms with van der Waals surface area (Å²) in [6.07, 6.45) is 0. The van der Waals surface area contributed by atoms with E-state index in [0.29, 0.717) is 0 Å². The molecule has 0 bridgehead atoms. The van der Waals surface area contributed by atoms with E-state index in [1.165, 1.54) is 16.2 Å². The highest BCUT2D eigenvalue weighted by molar-refractivity contribution is 6.23. The summed E-state index contributed by atoms with van der Waals surface area (Å²) >= 11 is 0. The highest BCUT2D eigenvalue weighted by Gasteiger charge is 2.23. The van der Waals surface area contributed by atoms with Crippen LogP contribution in [0, 0.1) is 0 Å². The second kappa shape index (κ2) is 11.2. The summed E-state index contributed by atoms with van der Waals surface area (Å²) in [5, 5.41) is 6.94. The second-order valence-corrected chi connectivity index (χ2v) is 13.3. The number of hydrogen-bond acceptors (Lipinski definition) is 3. The van der Waals surface area contributed by atoms with Gasteiger partial charge in [0.05, 0.1) is 33.5 Å². The minimum absolute atomic E-state index is 0.841. The van der Waals surface area contributed by atoms with Crippen molar-refractivity contribution in [3.8, 4) is 39.3 Å². The molecule has 0 aliphatic rings. The number of aromatic nitrogens is 3. The van der Waals surface area contributed by atoms with Gasteiger partial charge in [0.2, 0.25) is 0 Å². The third-order valence-corrected chi connectivity index (χ3v) is 10.4. The molecule has 4 nitrogen and oxygen atoms in total. The summed E-state index contributed by atoms with van der Waals surface area (Å²) in [6, 6.07) is 61.8. The fourth-order valence-electron chi connectivity index (χ4n) is 8.17. The van der Waals surface area contributed by atoms with Crippen molar-refractivity contribution < 1.29 is 4.42 Å². The maximum atomic E-state index is 6.38. The van der Waals surface area contributed by atoms with Crippen LogP contribution in [0.4, 0.5) is 0 Å². The molecule has 4 heteroatoms. The van der Waals surface area contributed by atoms with Gasteiger partial charge in [-0.1, -0.05) is 133 Å². The fourth-order valence-corrected chi connectivity index (χ4v) is 8.17. The van der Waals surface area contributed by atoms with Crippen LogP contribution < -0.4 is 0 Å². The van der Waals surface area contributed by atoms with E-state index in [1.807, 2.05) is 24.3 Å². The van der Waals surface area contributed by atoms with Gasteiger partial charge < -0.3 is 8.98 Å². The first-order valence-corrected chi connectivity index (χ1v) is 17.6. The van der Waals surface area contributed by atoms with Crippen LogP contribution in [0.25, 0.3) is 105 Å². The molecular formula is C48H29N3O. The number of benzene rings is 8. The van der Waals surface area contributed by atoms with Crippen molar-refractivity contribution in [1.82, 2.24) is 14.5 Å². The van der Waals surface area contributed by atoms with Crippen molar-refractivity contribution in [3.05, 3.63) is 176 Å². The lowest BCUT2D eigenvalue weighted by Gasteiger charge is -2.17. The van der Waals surface area contributed by atoms with Gasteiger partial charge in [0.15, 0.2) is 0 Å². The Morgan fingerprint density at radius 1 is 0.385 bits per heavy atom. The predicted molar refractivity (Wildman–Crippen MR) is 215 cm³/mol. The molecule has 0 atom stereocenters. The molecule has 0 saturated carbocycles. The fraction of sp³-hybridized carbons (Fsp3) is 0. The van der Waals surface area contributed by atoms with Gasteiger partial charge in [-0.2, -0.15) is 0 Å². The molecule has 0 unspecified atom stereocenters. The molecule has 0 fully saturated rings. The molecule has 0 spiro atoms. The van der Waals surface area contributed by atoms with Crippen LogP contribution in [0.2, 0.25) is 0 Å². The Morgan fingerprint density at radius 2 is 1.00 bits per heavy atom. The van der Waals surface area contributed by atoms with E-state index < -0.39 is 0 Å². The predicted octanol–water partition coefficient (Wildman–Crippen LogP) is 12.8. The molecule has 0 aliphatic carbocycles. The summed E-state index contributed by atoms with van der Waals surface area (Å²) in [6.45, 7) is 0. The molecule has 52 heavy (non-hydrogen) atoms. The first-order chi connectivity index (χ1) is 25.8. The lowest BCUT2D eigenvalue weighted by atomic mass is 9.90. The zero-order chi connectivity index (χ0) is 34.2. The molecule has 0 radical (unpaired) electrons. The third-order valence-electron chi connectivity index (χ3n) is 10.4. The molecule has 242 valence electrons. The van der Waals surface area contributed by atoms with Gasteiger partial charge in [0.1, 0.15) is 11.2 Å². The molecular weight excluding hydrogens is 635 g/mol. The normalized spacial score (nSPS) is 11.8. The Morgan fingerprint density at radius 3 is 1.85 bits per heavy atom. The smallest absolute Gasteiger partial charge is 0.136 e. The molecule has 3 aromatic heterocycles. The first kappa shape index (κ1) is 28.8. The highest BCUT2D eigenvalue weighted by Crippen LogP contribution is 2.45. The second-order valence-electron chi connectivity index (χ2n) is 13.3. The average Bonchev–Trinajstić information content (AvgIpc) is 3.77. The van der Waals surface area contributed by atoms with E-state index in [9.17, 15) is 0 Å². The van der Waals surface area contributed by atoms with Crippen LogP contribution in [-0.2, 0) is 0 Å². The van der Waals surface area contributed by atoms with Crippen LogP contribution in [0.5, 0.6) is 0 Å². The van der Waals surface area contributed by atoms with Gasteiger partial charge in [-0.3, -0.25) is 0 Å². The number of para-hydroxylation sites is 6.